The number of nitrogens with zero attached hydrogens (tertiary/aromatic N) is 1. The molecule has 0 radical (unpaired) electrons. The molecule has 0 fully saturated rings. The molecule has 2 N–H and O–H groups in total. The summed E-state index contributed by atoms with van der Waals surface area (Å²) in [7, 11) is 1.32. The van der Waals surface area contributed by atoms with E-state index in [9.17, 15) is 4.79 Å². The van der Waals surface area contributed by atoms with Crippen LogP contribution in [-0.4, -0.2) is 18.1 Å². The van der Waals surface area contributed by atoms with Crippen LogP contribution in [0.25, 0.3) is 0 Å². The molecule has 5 nitrogen and oxygen atoms in total. The van der Waals surface area contributed by atoms with Crippen LogP contribution in [0.4, 0.5) is 5.69 Å². The predicted octanol–water partition coefficient (Wildman–Crippen LogP) is 2.19. The number of hydrogen-bond acceptors (Lipinski definition) is 6. The topological polar surface area (TPSA) is 78.3 Å². The van der Waals surface area contributed by atoms with E-state index in [0.717, 1.165) is 4.90 Å². The Labute approximate surface area is 102 Å². The van der Waals surface area contributed by atoms with Crippen molar-refractivity contribution in [1.29, 1.82) is 0 Å². The summed E-state index contributed by atoms with van der Waals surface area (Å²) in [6.45, 7) is 0. The minimum Gasteiger partial charge on any atom is -0.465 e. The second-order valence-electron chi connectivity index (χ2n) is 3.14. The quantitative estimate of drug-likeness (QED) is 0.664. The molecule has 0 spiro atoms. The number of nitrogens with two attached hydrogens (primary N) is 1. The van der Waals surface area contributed by atoms with Gasteiger partial charge in [0.25, 0.3) is 5.22 Å². The number of ether oxygens (including phenoxy) is 1. The fourth-order valence-electron chi connectivity index (χ4n) is 1.25. The summed E-state index contributed by atoms with van der Waals surface area (Å²) in [4.78, 5) is 16.2. The van der Waals surface area contributed by atoms with Crippen molar-refractivity contribution in [1.82, 2.24) is 4.98 Å². The molecule has 1 heterocycles. The van der Waals surface area contributed by atoms with E-state index in [1.54, 1.807) is 24.4 Å². The van der Waals surface area contributed by atoms with Crippen LogP contribution in [-0.2, 0) is 4.74 Å². The van der Waals surface area contributed by atoms with Crippen molar-refractivity contribution >= 4 is 23.4 Å². The third kappa shape index (κ3) is 2.59. The molecule has 0 aliphatic carbocycles. The Morgan fingerprint density at radius 1 is 1.53 bits per heavy atom. The molecule has 0 unspecified atom stereocenters. The lowest BCUT2D eigenvalue weighted by atomic mass is 10.2. The number of nitrogen functional groups attached to an aromatic ring is 1. The van der Waals surface area contributed by atoms with E-state index in [4.69, 9.17) is 10.2 Å². The van der Waals surface area contributed by atoms with Crippen LogP contribution in [0.5, 0.6) is 0 Å². The van der Waals surface area contributed by atoms with Crippen LogP contribution in [0.2, 0.25) is 0 Å². The number of carbonyl (C=O) groups is 1. The fraction of sp³-hybridized carbons (Fsp3) is 0.0909. The van der Waals surface area contributed by atoms with E-state index < -0.39 is 5.97 Å². The second-order valence-corrected chi connectivity index (χ2v) is 4.17. The third-order valence-corrected chi connectivity index (χ3v) is 2.91. The van der Waals surface area contributed by atoms with Gasteiger partial charge in [-0.1, -0.05) is 0 Å². The lowest BCUT2D eigenvalue weighted by molar-refractivity contribution is 0.0601. The van der Waals surface area contributed by atoms with Gasteiger partial charge < -0.3 is 14.9 Å². The number of aromatic nitrogens is 1. The summed E-state index contributed by atoms with van der Waals surface area (Å²) in [5, 5.41) is 0.505. The predicted molar refractivity (Wildman–Crippen MR) is 62.8 cm³/mol. The molecule has 0 bridgehead atoms. The summed E-state index contributed by atoms with van der Waals surface area (Å²) in [6, 6.07) is 5.09. The van der Waals surface area contributed by atoms with Crippen molar-refractivity contribution in [2.24, 2.45) is 0 Å². The molecule has 0 aliphatic heterocycles. The summed E-state index contributed by atoms with van der Waals surface area (Å²) in [5.41, 5.74) is 6.41. The van der Waals surface area contributed by atoms with Gasteiger partial charge >= 0.3 is 5.97 Å². The number of carbonyl (C=O) groups excluding carboxylic acids is 1. The highest BCUT2D eigenvalue weighted by atomic mass is 32.2. The van der Waals surface area contributed by atoms with E-state index >= 15 is 0 Å². The van der Waals surface area contributed by atoms with E-state index in [2.05, 4.69) is 9.72 Å². The van der Waals surface area contributed by atoms with Crippen LogP contribution in [0.1, 0.15) is 10.4 Å². The Balaban J connectivity index is 2.28. The van der Waals surface area contributed by atoms with Gasteiger partial charge in [0, 0.05) is 10.6 Å². The van der Waals surface area contributed by atoms with Gasteiger partial charge in [-0.25, -0.2) is 9.78 Å². The molecule has 2 aromatic rings. The molecule has 0 amide bonds. The van der Waals surface area contributed by atoms with E-state index in [1.807, 2.05) is 0 Å². The smallest absolute Gasteiger partial charge is 0.339 e. The first-order valence-electron chi connectivity index (χ1n) is 4.76. The van der Waals surface area contributed by atoms with Crippen molar-refractivity contribution in [3.8, 4) is 0 Å². The number of anilines is 1. The Hall–Kier alpha value is -1.95. The van der Waals surface area contributed by atoms with Crippen LogP contribution >= 0.6 is 11.8 Å². The Morgan fingerprint density at radius 3 is 3.00 bits per heavy atom. The highest BCUT2D eigenvalue weighted by Crippen LogP contribution is 2.28. The number of rotatable bonds is 3. The number of benzene rings is 1. The van der Waals surface area contributed by atoms with Crippen molar-refractivity contribution < 1.29 is 13.9 Å². The zero-order chi connectivity index (χ0) is 12.3. The van der Waals surface area contributed by atoms with Crippen molar-refractivity contribution in [3.05, 3.63) is 36.2 Å². The van der Waals surface area contributed by atoms with Gasteiger partial charge in [0.15, 0.2) is 0 Å². The van der Waals surface area contributed by atoms with Crippen LogP contribution in [0, 0.1) is 0 Å². The first-order chi connectivity index (χ1) is 8.20. The van der Waals surface area contributed by atoms with E-state index in [0.29, 0.717) is 16.5 Å². The van der Waals surface area contributed by atoms with E-state index in [-0.39, 0.29) is 0 Å². The standard InChI is InChI=1S/C11H10N2O3S/c1-15-10(14)8-6-7(2-3-9(8)12)17-11-13-4-5-16-11/h2-6H,12H2,1H3. The number of hydrogen-bond donors (Lipinski definition) is 1. The van der Waals surface area contributed by atoms with Crippen molar-refractivity contribution in [3.63, 3.8) is 0 Å². The average Bonchev–Trinajstić information content (AvgIpc) is 2.83. The summed E-state index contributed by atoms with van der Waals surface area (Å²) in [5.74, 6) is -0.461. The lowest BCUT2D eigenvalue weighted by Gasteiger charge is -2.05. The molecule has 2 rings (SSSR count). The fourth-order valence-corrected chi connectivity index (χ4v) is 1.98. The highest BCUT2D eigenvalue weighted by Gasteiger charge is 2.12. The molecule has 17 heavy (non-hydrogen) atoms. The Kier molecular flexibility index (Phi) is 3.34. The van der Waals surface area contributed by atoms with Gasteiger partial charge in [0.1, 0.15) is 6.26 Å². The number of methoxy groups -OCH3 is 1. The van der Waals surface area contributed by atoms with Crippen LogP contribution in [0.15, 0.2) is 45.2 Å². The zero-order valence-electron chi connectivity index (χ0n) is 9.04. The molecule has 6 heteroatoms. The minimum absolute atomic E-state index is 0.337. The van der Waals surface area contributed by atoms with Crippen LogP contribution in [0.3, 0.4) is 0 Å². The van der Waals surface area contributed by atoms with Gasteiger partial charge in [-0.15, -0.1) is 0 Å². The van der Waals surface area contributed by atoms with Gasteiger partial charge in [-0.05, 0) is 30.0 Å². The normalized spacial score (nSPS) is 10.2. The minimum atomic E-state index is -0.461. The monoisotopic (exact) mass is 250 g/mol. The number of oxazole rings is 1. The Morgan fingerprint density at radius 2 is 2.35 bits per heavy atom. The summed E-state index contributed by atoms with van der Waals surface area (Å²) >= 11 is 1.30. The molecule has 1 aromatic heterocycles. The largest absolute Gasteiger partial charge is 0.465 e. The number of esters is 1. The molecule has 0 atom stereocenters. The van der Waals surface area contributed by atoms with E-state index in [1.165, 1.54) is 25.1 Å². The lowest BCUT2D eigenvalue weighted by Crippen LogP contribution is -2.05. The zero-order valence-corrected chi connectivity index (χ0v) is 9.86. The van der Waals surface area contributed by atoms with Gasteiger partial charge in [-0.3, -0.25) is 0 Å². The first-order valence-corrected chi connectivity index (χ1v) is 5.57. The Bertz CT molecular complexity index is 526. The van der Waals surface area contributed by atoms with Crippen molar-refractivity contribution in [2.45, 2.75) is 10.1 Å². The summed E-state index contributed by atoms with van der Waals surface area (Å²) in [6.07, 6.45) is 3.04. The molecular formula is C11H10N2O3S. The third-order valence-electron chi connectivity index (χ3n) is 2.04. The SMILES string of the molecule is COC(=O)c1cc(Sc2ncco2)ccc1N. The molecule has 0 saturated carbocycles. The summed E-state index contributed by atoms with van der Waals surface area (Å²) < 4.78 is 9.74. The molecule has 88 valence electrons. The van der Waals surface area contributed by atoms with Gasteiger partial charge in [0.2, 0.25) is 0 Å². The van der Waals surface area contributed by atoms with Crippen molar-refractivity contribution in [2.75, 3.05) is 12.8 Å². The average molecular weight is 250 g/mol. The second kappa shape index (κ2) is 4.92. The molecular weight excluding hydrogens is 240 g/mol. The van der Waals surface area contributed by atoms with Crippen LogP contribution < -0.4 is 5.73 Å². The van der Waals surface area contributed by atoms with Gasteiger partial charge in [0.05, 0.1) is 18.9 Å². The maximum atomic E-state index is 11.4. The first kappa shape index (κ1) is 11.5. The van der Waals surface area contributed by atoms with Gasteiger partial charge in [-0.2, -0.15) is 0 Å². The highest BCUT2D eigenvalue weighted by molar-refractivity contribution is 7.99. The maximum absolute atomic E-state index is 11.4. The molecule has 1 aromatic carbocycles. The molecule has 0 aliphatic rings. The maximum Gasteiger partial charge on any atom is 0.339 e. The molecule has 0 saturated heterocycles.